The van der Waals surface area contributed by atoms with Gasteiger partial charge in [-0.15, -0.1) is 0 Å². The first-order valence-corrected chi connectivity index (χ1v) is 4.99. The highest BCUT2D eigenvalue weighted by molar-refractivity contribution is 5.33. The molecule has 7 nitrogen and oxygen atoms in total. The van der Waals surface area contributed by atoms with Crippen molar-refractivity contribution in [1.82, 2.24) is 15.0 Å². The molecule has 0 amide bonds. The molecule has 0 aromatic carbocycles. The summed E-state index contributed by atoms with van der Waals surface area (Å²) in [5.74, 6) is 0.527. The summed E-state index contributed by atoms with van der Waals surface area (Å²) in [6, 6.07) is 0.190. The van der Waals surface area contributed by atoms with Crippen molar-refractivity contribution >= 4 is 11.9 Å². The maximum atomic E-state index is 9.00. The van der Waals surface area contributed by atoms with Gasteiger partial charge in [0.15, 0.2) is 0 Å². The van der Waals surface area contributed by atoms with Crippen molar-refractivity contribution in [1.29, 1.82) is 0 Å². The molecule has 7 heteroatoms. The predicted molar refractivity (Wildman–Crippen MR) is 60.1 cm³/mol. The Hall–Kier alpha value is -1.63. The first-order valence-electron chi connectivity index (χ1n) is 4.99. The Bertz CT molecular complexity index is 347. The van der Waals surface area contributed by atoms with Gasteiger partial charge in [-0.05, 0) is 12.8 Å². The van der Waals surface area contributed by atoms with E-state index < -0.39 is 0 Å². The Morgan fingerprint density at radius 2 is 2.06 bits per heavy atom. The second kappa shape index (κ2) is 5.45. The molecule has 0 aliphatic carbocycles. The van der Waals surface area contributed by atoms with Crippen LogP contribution in [0.25, 0.3) is 0 Å². The molecule has 0 bridgehead atoms. The number of aromatic nitrogens is 3. The van der Waals surface area contributed by atoms with Crippen molar-refractivity contribution < 1.29 is 9.84 Å². The fourth-order valence-corrected chi connectivity index (χ4v) is 1.03. The number of aliphatic hydroxyl groups excluding tert-OH is 1. The zero-order valence-electron chi connectivity index (χ0n) is 9.64. The predicted octanol–water partition coefficient (Wildman–Crippen LogP) is -0.109. The zero-order valence-corrected chi connectivity index (χ0v) is 9.64. The van der Waals surface area contributed by atoms with Crippen LogP contribution in [-0.2, 0) is 0 Å². The van der Waals surface area contributed by atoms with Crippen LogP contribution < -0.4 is 15.8 Å². The van der Waals surface area contributed by atoms with Gasteiger partial charge in [-0.1, -0.05) is 6.92 Å². The SMILES string of the molecule is COc1nc(N)nc(NC(C)C(C)CO)n1. The Balaban J connectivity index is 2.76. The molecule has 2 atom stereocenters. The molecule has 0 spiro atoms. The Kier molecular flexibility index (Phi) is 4.24. The van der Waals surface area contributed by atoms with Crippen LogP contribution in [0.1, 0.15) is 13.8 Å². The molecule has 0 aliphatic rings. The first-order chi connectivity index (χ1) is 7.56. The fraction of sp³-hybridized carbons (Fsp3) is 0.667. The highest BCUT2D eigenvalue weighted by Gasteiger charge is 2.13. The minimum absolute atomic E-state index is 0.0245. The number of nitrogen functional groups attached to an aromatic ring is 1. The number of aliphatic hydroxyl groups is 1. The van der Waals surface area contributed by atoms with E-state index in [1.165, 1.54) is 7.11 Å². The van der Waals surface area contributed by atoms with Crippen LogP contribution in [0.4, 0.5) is 11.9 Å². The standard InChI is InChI=1S/C9H17N5O2/c1-5(4-15)6(2)11-8-12-7(10)13-9(14-8)16-3/h5-6,15H,4H2,1-3H3,(H3,10,11,12,13,14). The number of nitrogens with zero attached hydrogens (tertiary/aromatic N) is 3. The smallest absolute Gasteiger partial charge is 0.322 e. The lowest BCUT2D eigenvalue weighted by molar-refractivity contribution is 0.226. The third kappa shape index (κ3) is 3.20. The van der Waals surface area contributed by atoms with Crippen LogP contribution in [0.3, 0.4) is 0 Å². The lowest BCUT2D eigenvalue weighted by atomic mass is 10.1. The quantitative estimate of drug-likeness (QED) is 0.644. The van der Waals surface area contributed by atoms with Gasteiger partial charge in [0.2, 0.25) is 11.9 Å². The van der Waals surface area contributed by atoms with E-state index >= 15 is 0 Å². The molecule has 1 aromatic heterocycles. The van der Waals surface area contributed by atoms with Gasteiger partial charge in [0, 0.05) is 12.6 Å². The lowest BCUT2D eigenvalue weighted by Crippen LogP contribution is -2.27. The Morgan fingerprint density at radius 1 is 1.38 bits per heavy atom. The topological polar surface area (TPSA) is 106 Å². The molecule has 90 valence electrons. The molecule has 0 aliphatic heterocycles. The number of hydrogen-bond donors (Lipinski definition) is 3. The molecule has 1 rings (SSSR count). The van der Waals surface area contributed by atoms with Crippen molar-refractivity contribution in [3.63, 3.8) is 0 Å². The molecule has 16 heavy (non-hydrogen) atoms. The maximum absolute atomic E-state index is 9.00. The van der Waals surface area contributed by atoms with Crippen molar-refractivity contribution in [2.45, 2.75) is 19.9 Å². The van der Waals surface area contributed by atoms with Crippen LogP contribution in [0.15, 0.2) is 0 Å². The molecule has 0 saturated carbocycles. The molecule has 0 saturated heterocycles. The van der Waals surface area contributed by atoms with Crippen LogP contribution in [0, 0.1) is 5.92 Å². The molecular formula is C9H17N5O2. The van der Waals surface area contributed by atoms with Crippen LogP contribution in [-0.4, -0.2) is 39.8 Å². The van der Waals surface area contributed by atoms with E-state index in [0.717, 1.165) is 0 Å². The van der Waals surface area contributed by atoms with E-state index in [1.54, 1.807) is 0 Å². The van der Waals surface area contributed by atoms with Gasteiger partial charge in [0.05, 0.1) is 7.11 Å². The normalized spacial score (nSPS) is 14.2. The van der Waals surface area contributed by atoms with Crippen molar-refractivity contribution in [2.24, 2.45) is 5.92 Å². The number of ether oxygens (including phenoxy) is 1. The van der Waals surface area contributed by atoms with Gasteiger partial charge < -0.3 is 20.9 Å². The summed E-state index contributed by atoms with van der Waals surface area (Å²) in [6.45, 7) is 3.93. The minimum Gasteiger partial charge on any atom is -0.467 e. The average molecular weight is 227 g/mol. The summed E-state index contributed by atoms with van der Waals surface area (Å²) in [4.78, 5) is 11.7. The summed E-state index contributed by atoms with van der Waals surface area (Å²) < 4.78 is 4.87. The number of rotatable bonds is 5. The zero-order chi connectivity index (χ0) is 12.1. The fourth-order valence-electron chi connectivity index (χ4n) is 1.03. The van der Waals surface area contributed by atoms with Crippen LogP contribution in [0.2, 0.25) is 0 Å². The average Bonchev–Trinajstić information content (AvgIpc) is 2.26. The molecule has 2 unspecified atom stereocenters. The Labute approximate surface area is 94.1 Å². The van der Waals surface area contributed by atoms with E-state index in [9.17, 15) is 0 Å². The molecular weight excluding hydrogens is 210 g/mol. The third-order valence-corrected chi connectivity index (χ3v) is 2.31. The number of methoxy groups -OCH3 is 1. The minimum atomic E-state index is 0.0245. The van der Waals surface area contributed by atoms with Crippen molar-refractivity contribution in [3.8, 4) is 6.01 Å². The number of anilines is 2. The highest BCUT2D eigenvalue weighted by Crippen LogP contribution is 2.12. The van der Waals surface area contributed by atoms with E-state index in [-0.39, 0.29) is 30.5 Å². The molecule has 1 aromatic rings. The molecule has 4 N–H and O–H groups in total. The number of nitrogens with one attached hydrogen (secondary N) is 1. The first kappa shape index (κ1) is 12.4. The van der Waals surface area contributed by atoms with Gasteiger partial charge in [-0.3, -0.25) is 0 Å². The summed E-state index contributed by atoms with van der Waals surface area (Å²) in [7, 11) is 1.46. The molecule has 1 heterocycles. The monoisotopic (exact) mass is 227 g/mol. The van der Waals surface area contributed by atoms with Crippen molar-refractivity contribution in [2.75, 3.05) is 24.8 Å². The van der Waals surface area contributed by atoms with E-state index in [1.807, 2.05) is 13.8 Å². The largest absolute Gasteiger partial charge is 0.467 e. The summed E-state index contributed by atoms with van der Waals surface area (Å²) in [5.41, 5.74) is 5.49. The second-order valence-electron chi connectivity index (χ2n) is 3.60. The number of nitrogens with two attached hydrogens (primary N) is 1. The van der Waals surface area contributed by atoms with Crippen LogP contribution in [0.5, 0.6) is 6.01 Å². The van der Waals surface area contributed by atoms with Gasteiger partial charge in [-0.25, -0.2) is 0 Å². The van der Waals surface area contributed by atoms with Gasteiger partial charge in [0.25, 0.3) is 0 Å². The van der Waals surface area contributed by atoms with Gasteiger partial charge >= 0.3 is 6.01 Å². The van der Waals surface area contributed by atoms with E-state index in [4.69, 9.17) is 15.6 Å². The third-order valence-electron chi connectivity index (χ3n) is 2.31. The lowest BCUT2D eigenvalue weighted by Gasteiger charge is -2.19. The van der Waals surface area contributed by atoms with E-state index in [0.29, 0.717) is 5.95 Å². The van der Waals surface area contributed by atoms with Crippen molar-refractivity contribution in [3.05, 3.63) is 0 Å². The number of hydrogen-bond acceptors (Lipinski definition) is 7. The Morgan fingerprint density at radius 3 is 2.62 bits per heavy atom. The highest BCUT2D eigenvalue weighted by atomic mass is 16.5. The van der Waals surface area contributed by atoms with Crippen LogP contribution >= 0.6 is 0 Å². The summed E-state index contributed by atoms with van der Waals surface area (Å²) in [5, 5.41) is 12.0. The molecule has 0 radical (unpaired) electrons. The molecule has 0 fully saturated rings. The summed E-state index contributed by atoms with van der Waals surface area (Å²) in [6.07, 6.45) is 0. The van der Waals surface area contributed by atoms with Gasteiger partial charge in [0.1, 0.15) is 0 Å². The van der Waals surface area contributed by atoms with Gasteiger partial charge in [-0.2, -0.15) is 15.0 Å². The summed E-state index contributed by atoms with van der Waals surface area (Å²) >= 11 is 0. The second-order valence-corrected chi connectivity index (χ2v) is 3.60. The maximum Gasteiger partial charge on any atom is 0.322 e. The van der Waals surface area contributed by atoms with E-state index in [2.05, 4.69) is 20.3 Å².